The number of hydrogen-bond acceptors (Lipinski definition) is 4. The van der Waals surface area contributed by atoms with Crippen LogP contribution in [0.2, 0.25) is 0 Å². The van der Waals surface area contributed by atoms with Crippen molar-refractivity contribution in [2.75, 3.05) is 27.2 Å². The maximum absolute atomic E-state index is 11.8. The maximum atomic E-state index is 11.8. The lowest BCUT2D eigenvalue weighted by molar-refractivity contribution is -0.131. The van der Waals surface area contributed by atoms with E-state index >= 15 is 0 Å². The summed E-state index contributed by atoms with van der Waals surface area (Å²) in [5, 5.41) is 9.28. The first-order chi connectivity index (χ1) is 6.91. The highest BCUT2D eigenvalue weighted by atomic mass is 32.1. The third-order valence-electron chi connectivity index (χ3n) is 2.61. The molecule has 1 aliphatic heterocycles. The van der Waals surface area contributed by atoms with Gasteiger partial charge in [0, 0.05) is 19.1 Å². The molecule has 1 rings (SSSR count). The van der Waals surface area contributed by atoms with Gasteiger partial charge in [-0.25, -0.2) is 0 Å². The molecule has 1 N–H and O–H groups in total. The smallest absolute Gasteiger partial charge is 0.235 e. The van der Waals surface area contributed by atoms with E-state index in [9.17, 15) is 9.90 Å². The Kier molecular flexibility index (Phi) is 4.43. The van der Waals surface area contributed by atoms with E-state index in [-0.39, 0.29) is 23.3 Å². The van der Waals surface area contributed by atoms with Crippen molar-refractivity contribution in [3.05, 3.63) is 0 Å². The van der Waals surface area contributed by atoms with Crippen molar-refractivity contribution in [3.63, 3.8) is 0 Å². The zero-order valence-corrected chi connectivity index (χ0v) is 10.4. The van der Waals surface area contributed by atoms with Gasteiger partial charge in [0.25, 0.3) is 0 Å². The van der Waals surface area contributed by atoms with E-state index in [4.69, 9.17) is 0 Å². The number of hydrogen-bond donors (Lipinski definition) is 2. The van der Waals surface area contributed by atoms with Crippen molar-refractivity contribution in [3.8, 4) is 0 Å². The molecule has 1 fully saturated rings. The van der Waals surface area contributed by atoms with Crippen LogP contribution < -0.4 is 0 Å². The fraction of sp³-hybridized carbons (Fsp3) is 0.900. The lowest BCUT2D eigenvalue weighted by Gasteiger charge is -2.27. The summed E-state index contributed by atoms with van der Waals surface area (Å²) >= 11 is 4.14. The number of thiol groups is 1. The number of rotatable bonds is 3. The number of likely N-dealkylation sites (tertiary alicyclic amines) is 1. The molecule has 0 aromatic heterocycles. The zero-order chi connectivity index (χ0) is 11.6. The predicted octanol–water partition coefficient (Wildman–Crippen LogP) is -0.172. The fourth-order valence-electron chi connectivity index (χ4n) is 2.00. The van der Waals surface area contributed by atoms with E-state index in [1.807, 2.05) is 19.0 Å². The molecule has 3 unspecified atom stereocenters. The molecule has 1 saturated heterocycles. The minimum Gasteiger partial charge on any atom is -0.391 e. The van der Waals surface area contributed by atoms with Crippen LogP contribution in [0.5, 0.6) is 0 Å². The average Bonchev–Trinajstić information content (AvgIpc) is 2.44. The van der Waals surface area contributed by atoms with E-state index in [1.165, 1.54) is 0 Å². The van der Waals surface area contributed by atoms with Crippen LogP contribution in [-0.4, -0.2) is 65.4 Å². The molecule has 15 heavy (non-hydrogen) atoms. The van der Waals surface area contributed by atoms with Gasteiger partial charge in [0.1, 0.15) is 0 Å². The van der Waals surface area contributed by atoms with E-state index in [1.54, 1.807) is 11.8 Å². The molecule has 0 saturated carbocycles. The summed E-state index contributed by atoms with van der Waals surface area (Å²) in [7, 11) is 3.94. The maximum Gasteiger partial charge on any atom is 0.235 e. The van der Waals surface area contributed by atoms with Gasteiger partial charge >= 0.3 is 0 Å². The molecule has 4 nitrogen and oxygen atoms in total. The van der Waals surface area contributed by atoms with Crippen LogP contribution in [0.1, 0.15) is 13.3 Å². The Balaban J connectivity index is 2.64. The molecule has 0 spiro atoms. The number of β-amino-alcohol motifs (C(OH)–C–C–N with tert-alkyl or cyclic N) is 1. The minimum absolute atomic E-state index is 0.0155. The van der Waals surface area contributed by atoms with Crippen molar-refractivity contribution in [1.82, 2.24) is 9.80 Å². The Morgan fingerprint density at radius 1 is 1.67 bits per heavy atom. The Morgan fingerprint density at radius 2 is 2.27 bits per heavy atom. The molecule has 1 amide bonds. The molecular formula is C10H20N2O2S. The van der Waals surface area contributed by atoms with Crippen LogP contribution in [0.3, 0.4) is 0 Å². The second kappa shape index (κ2) is 5.18. The second-order valence-electron chi connectivity index (χ2n) is 4.47. The highest BCUT2D eigenvalue weighted by molar-refractivity contribution is 7.81. The van der Waals surface area contributed by atoms with Crippen molar-refractivity contribution >= 4 is 18.5 Å². The zero-order valence-electron chi connectivity index (χ0n) is 9.55. The van der Waals surface area contributed by atoms with Crippen molar-refractivity contribution in [2.45, 2.75) is 30.7 Å². The summed E-state index contributed by atoms with van der Waals surface area (Å²) in [5.41, 5.74) is 0. The summed E-state index contributed by atoms with van der Waals surface area (Å²) in [6.45, 7) is 3.01. The molecule has 1 aliphatic rings. The van der Waals surface area contributed by atoms with Crippen LogP contribution >= 0.6 is 12.6 Å². The van der Waals surface area contributed by atoms with Gasteiger partial charge in [-0.1, -0.05) is 0 Å². The Hall–Kier alpha value is -0.260. The predicted molar refractivity (Wildman–Crippen MR) is 63.1 cm³/mol. The standard InChI is InChI=1S/C10H20N2O2S/c1-7(15)10(14)12-6-9(13)4-8(12)5-11(2)3/h7-9,13,15H,4-6H2,1-3H3. The fourth-order valence-corrected chi connectivity index (χ4v) is 2.14. The second-order valence-corrected chi connectivity index (χ2v) is 5.25. The number of amides is 1. The normalized spacial score (nSPS) is 28.5. The molecule has 0 aromatic rings. The molecular weight excluding hydrogens is 212 g/mol. The Morgan fingerprint density at radius 3 is 2.73 bits per heavy atom. The SMILES string of the molecule is CC(S)C(=O)N1CC(O)CC1CN(C)C. The van der Waals surface area contributed by atoms with E-state index < -0.39 is 0 Å². The summed E-state index contributed by atoms with van der Waals surface area (Å²) in [5.74, 6) is 0.0155. The number of nitrogens with zero attached hydrogens (tertiary/aromatic N) is 2. The number of likely N-dealkylation sites (N-methyl/N-ethyl adjacent to an activating group) is 1. The van der Waals surface area contributed by atoms with Crippen LogP contribution in [-0.2, 0) is 4.79 Å². The van der Waals surface area contributed by atoms with E-state index in [0.717, 1.165) is 6.54 Å². The first-order valence-electron chi connectivity index (χ1n) is 5.23. The van der Waals surface area contributed by atoms with E-state index in [0.29, 0.717) is 13.0 Å². The number of carbonyl (C=O) groups is 1. The highest BCUT2D eigenvalue weighted by Crippen LogP contribution is 2.20. The summed E-state index contributed by atoms with van der Waals surface area (Å²) < 4.78 is 0. The van der Waals surface area contributed by atoms with Gasteiger partial charge in [-0.15, -0.1) is 0 Å². The topological polar surface area (TPSA) is 43.8 Å². The monoisotopic (exact) mass is 232 g/mol. The van der Waals surface area contributed by atoms with Crippen LogP contribution in [0.25, 0.3) is 0 Å². The summed E-state index contributed by atoms with van der Waals surface area (Å²) in [4.78, 5) is 15.6. The van der Waals surface area contributed by atoms with Crippen LogP contribution in [0.15, 0.2) is 0 Å². The third kappa shape index (κ3) is 3.36. The van der Waals surface area contributed by atoms with Gasteiger partial charge in [-0.05, 0) is 27.4 Å². The van der Waals surface area contributed by atoms with Crippen molar-refractivity contribution in [2.24, 2.45) is 0 Å². The largest absolute Gasteiger partial charge is 0.391 e. The third-order valence-corrected chi connectivity index (χ3v) is 2.83. The molecule has 0 aromatic carbocycles. The van der Waals surface area contributed by atoms with Gasteiger partial charge < -0.3 is 14.9 Å². The molecule has 1 heterocycles. The molecule has 88 valence electrons. The number of aliphatic hydroxyl groups excluding tert-OH is 1. The quantitative estimate of drug-likeness (QED) is 0.664. The van der Waals surface area contributed by atoms with Gasteiger partial charge in [0.15, 0.2) is 0 Å². The molecule has 5 heteroatoms. The average molecular weight is 232 g/mol. The highest BCUT2D eigenvalue weighted by Gasteiger charge is 2.35. The molecule has 3 atom stereocenters. The van der Waals surface area contributed by atoms with Crippen LogP contribution in [0.4, 0.5) is 0 Å². The lowest BCUT2D eigenvalue weighted by atomic mass is 10.2. The number of carbonyl (C=O) groups excluding carboxylic acids is 1. The minimum atomic E-state index is -0.383. The Bertz CT molecular complexity index is 233. The summed E-state index contributed by atoms with van der Waals surface area (Å²) in [6, 6.07) is 0.122. The summed E-state index contributed by atoms with van der Waals surface area (Å²) in [6.07, 6.45) is 0.288. The van der Waals surface area contributed by atoms with E-state index in [2.05, 4.69) is 12.6 Å². The van der Waals surface area contributed by atoms with Gasteiger partial charge in [-0.3, -0.25) is 4.79 Å². The van der Waals surface area contributed by atoms with Gasteiger partial charge in [0.05, 0.1) is 11.4 Å². The van der Waals surface area contributed by atoms with Crippen molar-refractivity contribution < 1.29 is 9.90 Å². The lowest BCUT2D eigenvalue weighted by Crippen LogP contribution is -2.44. The first-order valence-corrected chi connectivity index (χ1v) is 5.74. The van der Waals surface area contributed by atoms with Crippen molar-refractivity contribution in [1.29, 1.82) is 0 Å². The van der Waals surface area contributed by atoms with Gasteiger partial charge in [-0.2, -0.15) is 12.6 Å². The molecule has 0 aliphatic carbocycles. The number of aliphatic hydroxyl groups is 1. The van der Waals surface area contributed by atoms with Crippen LogP contribution in [0, 0.1) is 0 Å². The molecule has 0 radical (unpaired) electrons. The van der Waals surface area contributed by atoms with Gasteiger partial charge in [0.2, 0.25) is 5.91 Å². The Labute approximate surface area is 96.6 Å². The molecule has 0 bridgehead atoms. The first kappa shape index (κ1) is 12.8.